The van der Waals surface area contributed by atoms with Gasteiger partial charge in [0.05, 0.1) is 0 Å². The fourth-order valence-electron chi connectivity index (χ4n) is 5.94. The Morgan fingerprint density at radius 3 is 2.00 bits per heavy atom. The molecule has 0 aliphatic rings. The van der Waals surface area contributed by atoms with Crippen molar-refractivity contribution < 1.29 is 4.42 Å². The number of hydrogen-bond acceptors (Lipinski definition) is 1. The second kappa shape index (κ2) is 8.90. The summed E-state index contributed by atoms with van der Waals surface area (Å²) < 4.78 is 6.41. The highest BCUT2D eigenvalue weighted by molar-refractivity contribution is 6.21. The molecule has 7 rings (SSSR count). The predicted octanol–water partition coefficient (Wildman–Crippen LogP) is 10.9. The van der Waals surface area contributed by atoms with Crippen LogP contribution in [0.3, 0.4) is 0 Å². The minimum absolute atomic E-state index is 0.912. The van der Waals surface area contributed by atoms with Gasteiger partial charge in [-0.3, -0.25) is 0 Å². The van der Waals surface area contributed by atoms with Crippen LogP contribution in [-0.4, -0.2) is 0 Å². The van der Waals surface area contributed by atoms with Crippen molar-refractivity contribution in [3.63, 3.8) is 0 Å². The van der Waals surface area contributed by atoms with E-state index >= 15 is 0 Å². The van der Waals surface area contributed by atoms with Gasteiger partial charge in [0, 0.05) is 16.2 Å². The lowest BCUT2D eigenvalue weighted by atomic mass is 9.85. The van der Waals surface area contributed by atoms with Gasteiger partial charge in [0.1, 0.15) is 11.2 Å². The van der Waals surface area contributed by atoms with E-state index in [1.807, 2.05) is 6.08 Å². The van der Waals surface area contributed by atoms with Crippen LogP contribution in [0.2, 0.25) is 0 Å². The van der Waals surface area contributed by atoms with Gasteiger partial charge in [-0.25, -0.2) is 0 Å². The van der Waals surface area contributed by atoms with Gasteiger partial charge < -0.3 is 4.42 Å². The third-order valence-corrected chi connectivity index (χ3v) is 7.51. The van der Waals surface area contributed by atoms with E-state index in [-0.39, 0.29) is 0 Å². The molecular weight excluding hydrogens is 460 g/mol. The van der Waals surface area contributed by atoms with Gasteiger partial charge in [-0.1, -0.05) is 116 Å². The summed E-state index contributed by atoms with van der Waals surface area (Å²) in [6.07, 6.45) is 8.23. The van der Waals surface area contributed by atoms with Crippen LogP contribution in [-0.2, 0) is 0 Å². The summed E-state index contributed by atoms with van der Waals surface area (Å²) in [4.78, 5) is 0. The minimum atomic E-state index is 0.912. The number of furan rings is 1. The first-order chi connectivity index (χ1) is 18.8. The van der Waals surface area contributed by atoms with Crippen LogP contribution < -0.4 is 0 Å². The topological polar surface area (TPSA) is 13.1 Å². The Kier molecular flexibility index (Phi) is 5.23. The molecule has 38 heavy (non-hydrogen) atoms. The highest BCUT2D eigenvalue weighted by atomic mass is 16.3. The maximum atomic E-state index is 6.41. The molecule has 0 unspecified atom stereocenters. The number of allylic oxidation sites excluding steroid dienone is 5. The smallest absolute Gasteiger partial charge is 0.143 e. The van der Waals surface area contributed by atoms with Crippen LogP contribution in [0, 0.1) is 0 Å². The van der Waals surface area contributed by atoms with Crippen LogP contribution in [0.1, 0.15) is 12.5 Å². The Balaban J connectivity index is 1.59. The summed E-state index contributed by atoms with van der Waals surface area (Å²) >= 11 is 0. The van der Waals surface area contributed by atoms with Gasteiger partial charge in [-0.2, -0.15) is 0 Å². The number of fused-ring (bicyclic) bond motifs is 7. The zero-order valence-electron chi connectivity index (χ0n) is 21.2. The Morgan fingerprint density at radius 1 is 0.658 bits per heavy atom. The second-order valence-corrected chi connectivity index (χ2v) is 9.68. The van der Waals surface area contributed by atoms with Crippen molar-refractivity contribution in [2.24, 2.45) is 0 Å². The summed E-state index contributed by atoms with van der Waals surface area (Å²) in [5.41, 5.74) is 6.69. The van der Waals surface area contributed by atoms with E-state index in [1.54, 1.807) is 0 Å². The summed E-state index contributed by atoms with van der Waals surface area (Å²) in [7, 11) is 0. The second-order valence-electron chi connectivity index (χ2n) is 9.68. The number of rotatable bonds is 4. The average molecular weight is 487 g/mol. The quantitative estimate of drug-likeness (QED) is 0.178. The third kappa shape index (κ3) is 3.33. The standard InChI is InChI=1S/C37H26O/c1-3-11-25(12-4-2)35-28-15-7-9-17-30(28)36(31-18-10-8-16-29(31)35)26-20-22-34-33(23-26)32-21-19-24-13-5-6-14-27(24)37(32)38-34/h3-23H,1H2,2H3/b12-4-,25-11+. The summed E-state index contributed by atoms with van der Waals surface area (Å²) in [6, 6.07) is 36.9. The van der Waals surface area contributed by atoms with E-state index in [0.717, 1.165) is 32.9 Å². The maximum Gasteiger partial charge on any atom is 0.143 e. The number of benzene rings is 6. The summed E-state index contributed by atoms with van der Waals surface area (Å²) in [5, 5.41) is 9.56. The highest BCUT2D eigenvalue weighted by Gasteiger charge is 2.18. The molecule has 7 aromatic rings. The van der Waals surface area contributed by atoms with Gasteiger partial charge in [0.15, 0.2) is 0 Å². The molecule has 0 amide bonds. The maximum absolute atomic E-state index is 6.41. The van der Waals surface area contributed by atoms with Crippen LogP contribution in [0.25, 0.3) is 71.0 Å². The molecule has 0 spiro atoms. The lowest BCUT2D eigenvalue weighted by molar-refractivity contribution is 0.672. The van der Waals surface area contributed by atoms with Crippen molar-refractivity contribution in [1.82, 2.24) is 0 Å². The summed E-state index contributed by atoms with van der Waals surface area (Å²) in [5.74, 6) is 0. The molecule has 6 aromatic carbocycles. The molecule has 1 heterocycles. The van der Waals surface area contributed by atoms with Gasteiger partial charge in [-0.05, 0) is 74.3 Å². The van der Waals surface area contributed by atoms with Crippen molar-refractivity contribution in [3.05, 3.63) is 140 Å². The first-order valence-electron chi connectivity index (χ1n) is 13.0. The Morgan fingerprint density at radius 2 is 1.32 bits per heavy atom. The monoisotopic (exact) mass is 486 g/mol. The Labute approximate surface area is 221 Å². The molecule has 0 N–H and O–H groups in total. The molecular formula is C37H26O. The molecule has 0 aliphatic carbocycles. The Bertz CT molecular complexity index is 2040. The van der Waals surface area contributed by atoms with Crippen LogP contribution >= 0.6 is 0 Å². The molecule has 0 bridgehead atoms. The van der Waals surface area contributed by atoms with Crippen molar-refractivity contribution in [3.8, 4) is 11.1 Å². The van der Waals surface area contributed by atoms with Gasteiger partial charge >= 0.3 is 0 Å². The minimum Gasteiger partial charge on any atom is -0.455 e. The summed E-state index contributed by atoms with van der Waals surface area (Å²) in [6.45, 7) is 6.04. The first kappa shape index (κ1) is 22.3. The van der Waals surface area contributed by atoms with E-state index in [4.69, 9.17) is 4.42 Å². The molecule has 0 fully saturated rings. The van der Waals surface area contributed by atoms with Crippen LogP contribution in [0.5, 0.6) is 0 Å². The molecule has 1 aromatic heterocycles. The number of hydrogen-bond donors (Lipinski definition) is 0. The largest absolute Gasteiger partial charge is 0.455 e. The van der Waals surface area contributed by atoms with Crippen molar-refractivity contribution in [2.45, 2.75) is 6.92 Å². The molecule has 1 heteroatoms. The van der Waals surface area contributed by atoms with Crippen LogP contribution in [0.4, 0.5) is 0 Å². The SMILES string of the molecule is C=C/C=C(\C=C/C)c1c2ccccc2c(-c2ccc3oc4c5ccccc5ccc4c3c2)c2ccccc12. The molecule has 1 nitrogen and oxygen atoms in total. The van der Waals surface area contributed by atoms with E-state index in [1.165, 1.54) is 43.6 Å². The molecule has 0 saturated heterocycles. The molecule has 0 atom stereocenters. The van der Waals surface area contributed by atoms with Gasteiger partial charge in [0.2, 0.25) is 0 Å². The average Bonchev–Trinajstić information content (AvgIpc) is 3.34. The third-order valence-electron chi connectivity index (χ3n) is 7.51. The normalized spacial score (nSPS) is 12.5. The van der Waals surface area contributed by atoms with Crippen molar-refractivity contribution in [1.29, 1.82) is 0 Å². The fraction of sp³-hybridized carbons (Fsp3) is 0.0270. The van der Waals surface area contributed by atoms with Crippen molar-refractivity contribution >= 4 is 59.8 Å². The predicted molar refractivity (Wildman–Crippen MR) is 165 cm³/mol. The van der Waals surface area contributed by atoms with Gasteiger partial charge in [0.25, 0.3) is 0 Å². The van der Waals surface area contributed by atoms with Gasteiger partial charge in [-0.15, -0.1) is 0 Å². The fourth-order valence-corrected chi connectivity index (χ4v) is 5.94. The Hall–Kier alpha value is -4.88. The lowest BCUT2D eigenvalue weighted by Crippen LogP contribution is -1.92. The van der Waals surface area contributed by atoms with E-state index in [2.05, 4.69) is 135 Å². The highest BCUT2D eigenvalue weighted by Crippen LogP contribution is 2.44. The van der Waals surface area contributed by atoms with E-state index < -0.39 is 0 Å². The lowest BCUT2D eigenvalue weighted by Gasteiger charge is -2.18. The van der Waals surface area contributed by atoms with Crippen molar-refractivity contribution in [2.75, 3.05) is 0 Å². The zero-order chi connectivity index (χ0) is 25.6. The first-order valence-corrected chi connectivity index (χ1v) is 13.0. The molecule has 0 radical (unpaired) electrons. The molecule has 180 valence electrons. The van der Waals surface area contributed by atoms with Crippen LogP contribution in [0.15, 0.2) is 138 Å². The zero-order valence-corrected chi connectivity index (χ0v) is 21.2. The van der Waals surface area contributed by atoms with E-state index in [9.17, 15) is 0 Å². The molecule has 0 saturated carbocycles. The molecule has 0 aliphatic heterocycles. The van der Waals surface area contributed by atoms with E-state index in [0.29, 0.717) is 0 Å².